The Morgan fingerprint density at radius 2 is 1.65 bits per heavy atom. The van der Waals surface area contributed by atoms with Gasteiger partial charge in [0, 0.05) is 24.4 Å². The van der Waals surface area contributed by atoms with Crippen molar-refractivity contribution in [3.8, 4) is 6.07 Å². The number of anilines is 1. The number of nitrogens with zero attached hydrogens (tertiary/aromatic N) is 3. The fourth-order valence-corrected chi connectivity index (χ4v) is 6.52. The number of fused-ring (bicyclic) bond motifs is 1. The molecule has 0 radical (unpaired) electrons. The first-order valence-electron chi connectivity index (χ1n) is 13.3. The minimum Gasteiger partial charge on any atom is -0.372 e. The highest BCUT2D eigenvalue weighted by molar-refractivity contribution is 7.96. The molecular formula is C31H37N3O2S. The van der Waals surface area contributed by atoms with E-state index in [1.54, 1.807) is 24.3 Å². The maximum Gasteiger partial charge on any atom is 0.270 e. The van der Waals surface area contributed by atoms with E-state index in [1.807, 2.05) is 19.1 Å². The molecular weight excluding hydrogens is 478 g/mol. The topological polar surface area (TPSA) is 65.5 Å². The van der Waals surface area contributed by atoms with E-state index in [2.05, 4.69) is 35.7 Å². The number of sulfone groups is 1. The molecule has 0 fully saturated rings. The van der Waals surface area contributed by atoms with E-state index in [0.717, 1.165) is 42.7 Å². The molecule has 0 atom stereocenters. The van der Waals surface area contributed by atoms with Crippen molar-refractivity contribution >= 4 is 27.2 Å². The third kappa shape index (κ3) is 6.51. The maximum absolute atomic E-state index is 13.4. The number of rotatable bonds is 12. The van der Waals surface area contributed by atoms with Crippen LogP contribution in [0.25, 0.3) is 16.5 Å². The number of aryl methyl sites for hydroxylation is 1. The summed E-state index contributed by atoms with van der Waals surface area (Å²) >= 11 is 0. The van der Waals surface area contributed by atoms with Gasteiger partial charge in [-0.15, -0.1) is 0 Å². The lowest BCUT2D eigenvalue weighted by Crippen LogP contribution is -2.25. The van der Waals surface area contributed by atoms with Crippen LogP contribution in [-0.4, -0.2) is 21.5 Å². The van der Waals surface area contributed by atoms with Crippen LogP contribution in [0.5, 0.6) is 0 Å². The molecule has 5 nitrogen and oxygen atoms in total. The first-order valence-corrected chi connectivity index (χ1v) is 14.8. The van der Waals surface area contributed by atoms with Gasteiger partial charge in [0.25, 0.3) is 5.70 Å². The van der Waals surface area contributed by atoms with Gasteiger partial charge in [-0.2, -0.15) is 0 Å². The van der Waals surface area contributed by atoms with Gasteiger partial charge in [-0.05, 0) is 60.7 Å². The second-order valence-corrected chi connectivity index (χ2v) is 11.5. The van der Waals surface area contributed by atoms with E-state index in [-0.39, 0.29) is 21.1 Å². The summed E-state index contributed by atoms with van der Waals surface area (Å²) in [7, 11) is -3.84. The highest BCUT2D eigenvalue weighted by atomic mass is 32.2. The van der Waals surface area contributed by atoms with Gasteiger partial charge in [0.1, 0.15) is 0 Å². The average molecular weight is 516 g/mol. The van der Waals surface area contributed by atoms with Crippen molar-refractivity contribution in [3.05, 3.63) is 81.2 Å². The van der Waals surface area contributed by atoms with Crippen molar-refractivity contribution in [2.24, 2.45) is 0 Å². The Labute approximate surface area is 222 Å². The first kappa shape index (κ1) is 28.2. The third-order valence-electron chi connectivity index (χ3n) is 6.90. The molecule has 1 aliphatic heterocycles. The molecule has 3 rings (SSSR count). The van der Waals surface area contributed by atoms with Crippen molar-refractivity contribution in [2.75, 3.05) is 18.0 Å². The van der Waals surface area contributed by atoms with Crippen LogP contribution in [0.1, 0.15) is 81.9 Å². The quantitative estimate of drug-likeness (QED) is 0.163. The highest BCUT2D eigenvalue weighted by Gasteiger charge is 2.37. The van der Waals surface area contributed by atoms with Gasteiger partial charge in [0.05, 0.1) is 22.4 Å². The first-order chi connectivity index (χ1) is 17.9. The number of unbranched alkanes of at least 4 members (excludes halogenated alkanes) is 6. The van der Waals surface area contributed by atoms with Crippen LogP contribution in [-0.2, 0) is 9.84 Å². The van der Waals surface area contributed by atoms with Gasteiger partial charge in [-0.3, -0.25) is 0 Å². The Bertz CT molecular complexity index is 1330. The molecule has 37 heavy (non-hydrogen) atoms. The molecule has 0 aliphatic carbocycles. The number of hydrogen-bond acceptors (Lipinski definition) is 4. The summed E-state index contributed by atoms with van der Waals surface area (Å²) in [6.07, 6.45) is 11.3. The molecule has 0 N–H and O–H groups in total. The molecule has 0 saturated heterocycles. The molecule has 0 amide bonds. The summed E-state index contributed by atoms with van der Waals surface area (Å²) in [5.74, 6) is 0. The van der Waals surface area contributed by atoms with E-state index in [4.69, 9.17) is 6.57 Å². The number of benzene rings is 2. The average Bonchev–Trinajstić information content (AvgIpc) is 3.11. The van der Waals surface area contributed by atoms with Crippen molar-refractivity contribution in [2.45, 2.75) is 77.0 Å². The Morgan fingerprint density at radius 1 is 1.00 bits per heavy atom. The molecule has 2 aromatic rings. The van der Waals surface area contributed by atoms with Crippen LogP contribution in [0.4, 0.5) is 5.69 Å². The van der Waals surface area contributed by atoms with E-state index in [0.29, 0.717) is 5.56 Å². The maximum atomic E-state index is 13.4. The van der Waals surface area contributed by atoms with Crippen molar-refractivity contribution < 1.29 is 8.42 Å². The molecule has 1 aliphatic rings. The molecule has 0 aromatic heterocycles. The lowest BCUT2D eigenvalue weighted by molar-refractivity contribution is 0.604. The molecule has 6 heteroatoms. The predicted molar refractivity (Wildman–Crippen MR) is 152 cm³/mol. The molecule has 0 spiro atoms. The summed E-state index contributed by atoms with van der Waals surface area (Å²) in [4.78, 5) is 5.97. The van der Waals surface area contributed by atoms with Crippen LogP contribution < -0.4 is 4.90 Å². The fourth-order valence-electron chi connectivity index (χ4n) is 4.81. The Balaban J connectivity index is 1.99. The van der Waals surface area contributed by atoms with Gasteiger partial charge in [-0.1, -0.05) is 76.6 Å². The zero-order valence-electron chi connectivity index (χ0n) is 22.3. The highest BCUT2D eigenvalue weighted by Crippen LogP contribution is 2.45. The normalized spacial score (nSPS) is 16.2. The monoisotopic (exact) mass is 515 g/mol. The SMILES string of the molecule is [C-]#[N+]C(C#N)=C1C(=Cc2ccc(N(CCCCCC)CCCCCC)cc2C)S(=O)(=O)c2ccccc21. The van der Waals surface area contributed by atoms with Crippen LogP contribution >= 0.6 is 0 Å². The lowest BCUT2D eigenvalue weighted by Gasteiger charge is -2.26. The van der Waals surface area contributed by atoms with E-state index < -0.39 is 9.84 Å². The largest absolute Gasteiger partial charge is 0.372 e. The van der Waals surface area contributed by atoms with Crippen molar-refractivity contribution in [3.63, 3.8) is 0 Å². The van der Waals surface area contributed by atoms with Crippen molar-refractivity contribution in [1.82, 2.24) is 0 Å². The summed E-state index contributed by atoms with van der Waals surface area (Å²) in [5.41, 5.74) is 3.29. The minimum atomic E-state index is -3.84. The van der Waals surface area contributed by atoms with Gasteiger partial charge in [-0.25, -0.2) is 18.5 Å². The molecule has 1 heterocycles. The Hall–Kier alpha value is -3.35. The van der Waals surface area contributed by atoms with Gasteiger partial charge < -0.3 is 4.90 Å². The zero-order chi connectivity index (χ0) is 26.8. The number of nitriles is 1. The second-order valence-electron chi connectivity index (χ2n) is 9.60. The summed E-state index contributed by atoms with van der Waals surface area (Å²) in [6.45, 7) is 15.9. The molecule has 2 aromatic carbocycles. The van der Waals surface area contributed by atoms with E-state index in [9.17, 15) is 13.7 Å². The minimum absolute atomic E-state index is 0.0214. The fraction of sp³-hybridized carbons (Fsp3) is 0.419. The van der Waals surface area contributed by atoms with Gasteiger partial charge in [0.15, 0.2) is 0 Å². The van der Waals surface area contributed by atoms with Crippen LogP contribution in [0.2, 0.25) is 0 Å². The number of hydrogen-bond donors (Lipinski definition) is 0. The Kier molecular flexibility index (Phi) is 10.1. The molecule has 0 unspecified atom stereocenters. The molecule has 0 bridgehead atoms. The van der Waals surface area contributed by atoms with E-state index >= 15 is 0 Å². The van der Waals surface area contributed by atoms with Crippen LogP contribution in [0.3, 0.4) is 0 Å². The van der Waals surface area contributed by atoms with Crippen LogP contribution in [0.15, 0.2) is 58.0 Å². The summed E-state index contributed by atoms with van der Waals surface area (Å²) in [5, 5.41) is 9.58. The summed E-state index contributed by atoms with van der Waals surface area (Å²) in [6, 6.07) is 14.6. The second kappa shape index (κ2) is 13.3. The summed E-state index contributed by atoms with van der Waals surface area (Å²) < 4.78 is 26.9. The van der Waals surface area contributed by atoms with E-state index in [1.165, 1.54) is 44.6 Å². The molecule has 0 saturated carbocycles. The Morgan fingerprint density at radius 3 is 2.22 bits per heavy atom. The molecule has 194 valence electrons. The number of allylic oxidation sites excluding steroid dienone is 2. The predicted octanol–water partition coefficient (Wildman–Crippen LogP) is 7.94. The lowest BCUT2D eigenvalue weighted by atomic mass is 10.0. The zero-order valence-corrected chi connectivity index (χ0v) is 23.1. The van der Waals surface area contributed by atoms with Crippen molar-refractivity contribution in [1.29, 1.82) is 5.26 Å². The standard InChI is InChI=1S/C31H37N3O2S/c1-5-7-9-13-19-34(20-14-10-8-6-2)26-18-17-25(24(3)21-26)22-30-31(28(23-32)33-4)27-15-11-12-16-29(27)37(30,35)36/h11-12,15-18,21-22H,5-10,13-14,19-20H2,1-3H3. The van der Waals surface area contributed by atoms with Gasteiger partial charge in [0.2, 0.25) is 9.84 Å². The smallest absolute Gasteiger partial charge is 0.270 e. The van der Waals surface area contributed by atoms with Gasteiger partial charge >= 0.3 is 0 Å². The third-order valence-corrected chi connectivity index (χ3v) is 8.74. The van der Waals surface area contributed by atoms with Crippen LogP contribution in [0, 0.1) is 24.8 Å².